The average molecular weight is 281 g/mol. The van der Waals surface area contributed by atoms with Gasteiger partial charge in [0.25, 0.3) is 0 Å². The van der Waals surface area contributed by atoms with Gasteiger partial charge >= 0.3 is 11.2 Å². The molecular formula is C9H7F2O6S-. The number of carbonyl (C=O) groups excluding carboxylic acids is 1. The van der Waals surface area contributed by atoms with Crippen LogP contribution in [0.1, 0.15) is 10.4 Å². The van der Waals surface area contributed by atoms with E-state index >= 15 is 0 Å². The quantitative estimate of drug-likeness (QED) is 0.643. The monoisotopic (exact) mass is 281 g/mol. The van der Waals surface area contributed by atoms with Crippen molar-refractivity contribution in [2.24, 2.45) is 0 Å². The third-order valence-electron chi connectivity index (χ3n) is 1.84. The lowest BCUT2D eigenvalue weighted by atomic mass is 10.2. The summed E-state index contributed by atoms with van der Waals surface area (Å²) in [4.78, 5) is 11.2. The Morgan fingerprint density at radius 3 is 2.28 bits per heavy atom. The van der Waals surface area contributed by atoms with Crippen molar-refractivity contribution in [2.75, 3.05) is 6.61 Å². The van der Waals surface area contributed by atoms with Gasteiger partial charge in [0.2, 0.25) is 0 Å². The molecule has 0 unspecified atom stereocenters. The first kappa shape index (κ1) is 14.3. The highest BCUT2D eigenvalue weighted by molar-refractivity contribution is 7.86. The third-order valence-corrected chi connectivity index (χ3v) is 2.69. The van der Waals surface area contributed by atoms with Crippen LogP contribution in [0.25, 0.3) is 0 Å². The van der Waals surface area contributed by atoms with Crippen molar-refractivity contribution < 1.29 is 36.4 Å². The minimum Gasteiger partial charge on any atom is -0.743 e. The van der Waals surface area contributed by atoms with Gasteiger partial charge in [-0.2, -0.15) is 8.78 Å². The van der Waals surface area contributed by atoms with Crippen molar-refractivity contribution in [2.45, 2.75) is 5.25 Å². The van der Waals surface area contributed by atoms with Crippen molar-refractivity contribution in [3.8, 4) is 5.75 Å². The molecular weight excluding hydrogens is 274 g/mol. The van der Waals surface area contributed by atoms with E-state index in [-0.39, 0.29) is 11.3 Å². The summed E-state index contributed by atoms with van der Waals surface area (Å²) >= 11 is 0. The normalized spacial score (nSPS) is 12.2. The van der Waals surface area contributed by atoms with Crippen LogP contribution in [0.15, 0.2) is 24.3 Å². The number of halogens is 2. The number of benzene rings is 1. The molecule has 18 heavy (non-hydrogen) atoms. The van der Waals surface area contributed by atoms with Crippen molar-refractivity contribution >= 4 is 16.1 Å². The third kappa shape index (κ3) is 3.37. The van der Waals surface area contributed by atoms with Gasteiger partial charge in [0.05, 0.1) is 5.56 Å². The summed E-state index contributed by atoms with van der Waals surface area (Å²) in [6.45, 7) is -1.86. The lowest BCUT2D eigenvalue weighted by Gasteiger charge is -2.19. The van der Waals surface area contributed by atoms with E-state index in [0.717, 1.165) is 24.3 Å². The highest BCUT2D eigenvalue weighted by Gasteiger charge is 2.39. The molecule has 0 heterocycles. The number of esters is 1. The van der Waals surface area contributed by atoms with Crippen LogP contribution in [0, 0.1) is 0 Å². The maximum Gasteiger partial charge on any atom is 0.367 e. The zero-order valence-corrected chi connectivity index (χ0v) is 9.49. The lowest BCUT2D eigenvalue weighted by Crippen LogP contribution is -2.34. The first-order chi connectivity index (χ1) is 8.13. The molecule has 0 atom stereocenters. The number of rotatable bonds is 4. The smallest absolute Gasteiger partial charge is 0.367 e. The van der Waals surface area contributed by atoms with E-state index in [1.54, 1.807) is 0 Å². The Morgan fingerprint density at radius 1 is 1.33 bits per heavy atom. The zero-order valence-electron chi connectivity index (χ0n) is 8.67. The molecule has 0 saturated heterocycles. The molecule has 1 rings (SSSR count). The second-order valence-electron chi connectivity index (χ2n) is 3.21. The number of ether oxygens (including phenoxy) is 1. The van der Waals surface area contributed by atoms with Gasteiger partial charge in [-0.15, -0.1) is 0 Å². The molecule has 0 radical (unpaired) electrons. The summed E-state index contributed by atoms with van der Waals surface area (Å²) in [6, 6.07) is 4.39. The molecule has 1 aromatic carbocycles. The number of phenols is 1. The summed E-state index contributed by atoms with van der Waals surface area (Å²) in [5, 5.41) is 4.23. The number of hydrogen-bond acceptors (Lipinski definition) is 6. The maximum atomic E-state index is 12.7. The fourth-order valence-electron chi connectivity index (χ4n) is 0.903. The summed E-state index contributed by atoms with van der Waals surface area (Å²) in [7, 11) is -5.89. The Bertz CT molecular complexity index is 537. The van der Waals surface area contributed by atoms with E-state index < -0.39 is 27.9 Å². The molecule has 100 valence electrons. The number of alkyl halides is 2. The molecule has 0 aliphatic carbocycles. The number of aromatic hydroxyl groups is 1. The van der Waals surface area contributed by atoms with Crippen LogP contribution in [0.2, 0.25) is 0 Å². The van der Waals surface area contributed by atoms with Gasteiger partial charge in [0, 0.05) is 0 Å². The Kier molecular flexibility index (Phi) is 3.87. The minimum atomic E-state index is -5.89. The Morgan fingerprint density at radius 2 is 1.83 bits per heavy atom. The van der Waals surface area contributed by atoms with Crippen LogP contribution in [0.4, 0.5) is 8.78 Å². The molecule has 0 bridgehead atoms. The summed E-state index contributed by atoms with van der Waals surface area (Å²) in [5.41, 5.74) is -0.174. The SMILES string of the molecule is O=C(OCC(F)(F)S(=O)(=O)[O-])c1ccc(O)cc1. The van der Waals surface area contributed by atoms with Crippen LogP contribution in [-0.2, 0) is 14.9 Å². The Balaban J connectivity index is 2.70. The van der Waals surface area contributed by atoms with Gasteiger partial charge in [-0.1, -0.05) is 0 Å². The molecule has 1 aromatic rings. The fourth-order valence-corrected chi connectivity index (χ4v) is 1.11. The molecule has 0 aliphatic rings. The standard InChI is InChI=1S/C9H8F2O6S/c10-9(11,18(14,15)16)5-17-8(13)6-1-3-7(12)4-2-6/h1-4,12H,5H2,(H,14,15,16)/p-1. The number of carbonyl (C=O) groups is 1. The molecule has 0 aromatic heterocycles. The zero-order chi connectivity index (χ0) is 14.0. The first-order valence-corrected chi connectivity index (χ1v) is 5.84. The molecule has 0 saturated carbocycles. The summed E-state index contributed by atoms with van der Waals surface area (Å²) in [5.74, 6) is -1.39. The Hall–Kier alpha value is -1.74. The van der Waals surface area contributed by atoms with E-state index in [2.05, 4.69) is 4.74 Å². The van der Waals surface area contributed by atoms with Gasteiger partial charge in [0.1, 0.15) is 5.75 Å². The number of hydrogen-bond donors (Lipinski definition) is 1. The molecule has 6 nitrogen and oxygen atoms in total. The second-order valence-corrected chi connectivity index (χ2v) is 4.72. The van der Waals surface area contributed by atoms with Crippen LogP contribution in [0.5, 0.6) is 5.75 Å². The van der Waals surface area contributed by atoms with E-state index in [0.29, 0.717) is 0 Å². The topological polar surface area (TPSA) is 104 Å². The molecule has 0 fully saturated rings. The van der Waals surface area contributed by atoms with E-state index in [9.17, 15) is 26.5 Å². The molecule has 1 N–H and O–H groups in total. The van der Waals surface area contributed by atoms with Gasteiger partial charge in [-0.05, 0) is 24.3 Å². The first-order valence-electron chi connectivity index (χ1n) is 4.43. The predicted octanol–water partition coefficient (Wildman–Crippen LogP) is 0.687. The van der Waals surface area contributed by atoms with E-state index in [1.807, 2.05) is 0 Å². The average Bonchev–Trinajstić information content (AvgIpc) is 2.25. The number of phenolic OH excluding ortho intramolecular Hbond substituents is 1. The van der Waals surface area contributed by atoms with E-state index in [1.165, 1.54) is 0 Å². The maximum absolute atomic E-state index is 12.7. The van der Waals surface area contributed by atoms with Crippen molar-refractivity contribution in [1.82, 2.24) is 0 Å². The van der Waals surface area contributed by atoms with Gasteiger partial charge in [-0.25, -0.2) is 13.2 Å². The van der Waals surface area contributed by atoms with E-state index in [4.69, 9.17) is 5.11 Å². The summed E-state index contributed by atoms with van der Waals surface area (Å²) in [6.07, 6.45) is 0. The molecule has 9 heteroatoms. The van der Waals surface area contributed by atoms with Crippen LogP contribution in [-0.4, -0.2) is 35.9 Å². The van der Waals surface area contributed by atoms with Crippen molar-refractivity contribution in [1.29, 1.82) is 0 Å². The highest BCUT2D eigenvalue weighted by atomic mass is 32.2. The van der Waals surface area contributed by atoms with Crippen LogP contribution < -0.4 is 0 Å². The lowest BCUT2D eigenvalue weighted by molar-refractivity contribution is -0.00997. The minimum absolute atomic E-state index is 0.154. The predicted molar refractivity (Wildman–Crippen MR) is 53.0 cm³/mol. The van der Waals surface area contributed by atoms with Crippen LogP contribution in [0.3, 0.4) is 0 Å². The van der Waals surface area contributed by atoms with Crippen molar-refractivity contribution in [3.63, 3.8) is 0 Å². The van der Waals surface area contributed by atoms with Crippen LogP contribution >= 0.6 is 0 Å². The largest absolute Gasteiger partial charge is 0.743 e. The second kappa shape index (κ2) is 4.86. The summed E-state index contributed by atoms with van der Waals surface area (Å²) < 4.78 is 59.7. The Labute approximate surface area is 101 Å². The fraction of sp³-hybridized carbons (Fsp3) is 0.222. The van der Waals surface area contributed by atoms with Gasteiger partial charge in [-0.3, -0.25) is 0 Å². The van der Waals surface area contributed by atoms with Gasteiger partial charge in [0.15, 0.2) is 16.7 Å². The molecule has 0 amide bonds. The molecule has 0 spiro atoms. The van der Waals surface area contributed by atoms with Gasteiger partial charge < -0.3 is 14.4 Å². The molecule has 0 aliphatic heterocycles. The van der Waals surface area contributed by atoms with Crippen molar-refractivity contribution in [3.05, 3.63) is 29.8 Å². The highest BCUT2D eigenvalue weighted by Crippen LogP contribution is 2.21.